The maximum absolute atomic E-state index is 13.2. The Morgan fingerprint density at radius 1 is 1.08 bits per heavy atom. The van der Waals surface area contributed by atoms with Crippen LogP contribution in [0.4, 0.5) is 5.69 Å². The summed E-state index contributed by atoms with van der Waals surface area (Å²) in [7, 11) is 1.31. The fraction of sp³-hybridized carbons (Fsp3) is 0.185. The van der Waals surface area contributed by atoms with Gasteiger partial charge in [-0.15, -0.1) is 0 Å². The number of methoxy groups -OCH3 is 1. The Morgan fingerprint density at radius 3 is 2.42 bits per heavy atom. The van der Waals surface area contributed by atoms with Crippen molar-refractivity contribution in [1.29, 1.82) is 0 Å². The van der Waals surface area contributed by atoms with Crippen LogP contribution < -0.4 is 15.9 Å². The average Bonchev–Trinajstić information content (AvgIpc) is 2.88. The molecule has 0 radical (unpaired) electrons. The highest BCUT2D eigenvalue weighted by Crippen LogP contribution is 2.22. The van der Waals surface area contributed by atoms with Gasteiger partial charge in [-0.3, -0.25) is 9.36 Å². The van der Waals surface area contributed by atoms with Gasteiger partial charge in [0.15, 0.2) is 0 Å². The zero-order chi connectivity index (χ0) is 25.7. The number of halogens is 1. The Labute approximate surface area is 212 Å². The smallest absolute Gasteiger partial charge is 0.339 e. The fourth-order valence-corrected chi connectivity index (χ4v) is 3.60. The second-order valence-electron chi connectivity index (χ2n) is 8.32. The number of benzene rings is 2. The molecule has 8 nitrogen and oxygen atoms in total. The molecule has 0 amide bonds. The van der Waals surface area contributed by atoms with Crippen molar-refractivity contribution >= 4 is 23.3 Å². The summed E-state index contributed by atoms with van der Waals surface area (Å²) in [5, 5.41) is 0.635. The van der Waals surface area contributed by atoms with Crippen LogP contribution in [0.2, 0.25) is 5.02 Å². The van der Waals surface area contributed by atoms with Crippen LogP contribution in [0.3, 0.4) is 0 Å². The molecule has 2 aromatic heterocycles. The van der Waals surface area contributed by atoms with E-state index in [2.05, 4.69) is 19.7 Å². The molecule has 0 atom stereocenters. The first-order chi connectivity index (χ1) is 17.3. The molecule has 2 heterocycles. The van der Waals surface area contributed by atoms with Crippen molar-refractivity contribution in [3.63, 3.8) is 0 Å². The van der Waals surface area contributed by atoms with E-state index in [1.807, 2.05) is 26.0 Å². The molecule has 0 bridgehead atoms. The summed E-state index contributed by atoms with van der Waals surface area (Å²) in [6.07, 6.45) is 3.10. The molecule has 4 aromatic rings. The Bertz CT molecular complexity index is 1470. The predicted octanol–water partition coefficient (Wildman–Crippen LogP) is 5.21. The minimum absolute atomic E-state index is 0.0611. The van der Waals surface area contributed by atoms with Gasteiger partial charge < -0.3 is 14.5 Å². The van der Waals surface area contributed by atoms with Gasteiger partial charge in [-0.2, -0.15) is 0 Å². The summed E-state index contributed by atoms with van der Waals surface area (Å²) in [5.74, 6) is 0.477. The number of aromatic nitrogens is 3. The molecular formula is C27H25ClN4O4. The highest BCUT2D eigenvalue weighted by atomic mass is 35.5. The molecule has 0 aliphatic heterocycles. The Hall–Kier alpha value is -4.17. The Morgan fingerprint density at radius 2 is 1.81 bits per heavy atom. The van der Waals surface area contributed by atoms with Crippen molar-refractivity contribution in [2.75, 3.05) is 7.11 Å². The predicted molar refractivity (Wildman–Crippen MR) is 137 cm³/mol. The summed E-state index contributed by atoms with van der Waals surface area (Å²) in [4.78, 5) is 36.7. The van der Waals surface area contributed by atoms with Gasteiger partial charge in [0, 0.05) is 29.0 Å². The van der Waals surface area contributed by atoms with Gasteiger partial charge in [0.1, 0.15) is 5.75 Å². The molecule has 184 valence electrons. The van der Waals surface area contributed by atoms with E-state index in [4.69, 9.17) is 16.3 Å². The summed E-state index contributed by atoms with van der Waals surface area (Å²) >= 11 is 6.01. The quantitative estimate of drug-likeness (QED) is 0.348. The molecule has 0 spiro atoms. The normalized spacial score (nSPS) is 11.5. The molecule has 0 aliphatic carbocycles. The van der Waals surface area contributed by atoms with Gasteiger partial charge in [0.25, 0.3) is 5.56 Å². The van der Waals surface area contributed by atoms with Crippen molar-refractivity contribution < 1.29 is 14.3 Å². The van der Waals surface area contributed by atoms with Crippen LogP contribution in [-0.2, 0) is 11.3 Å². The van der Waals surface area contributed by atoms with Crippen LogP contribution in [0, 0.1) is 0 Å². The largest absolute Gasteiger partial charge is 0.465 e. The molecule has 2 aromatic carbocycles. The Balaban J connectivity index is 1.61. The van der Waals surface area contributed by atoms with E-state index in [1.165, 1.54) is 13.3 Å². The highest BCUT2D eigenvalue weighted by Gasteiger charge is 2.11. The standard InChI is InChI=1S/C27H25ClN4O4/c1-17(2)23-15-30-27(32(25(23)33)16-18-4-7-20(28)8-5-18)31-21-9-11-22(12-10-21)36-24-13-6-19(14-29-24)26(34)35-3/h4-15,17H,16H2,1-3H3,(H,30,31). The molecule has 0 saturated carbocycles. The van der Waals surface area contributed by atoms with Gasteiger partial charge in [0.05, 0.1) is 24.9 Å². The van der Waals surface area contributed by atoms with Crippen molar-refractivity contribution in [3.05, 3.63) is 111 Å². The number of pyridine rings is 1. The van der Waals surface area contributed by atoms with E-state index < -0.39 is 5.97 Å². The van der Waals surface area contributed by atoms with E-state index in [-0.39, 0.29) is 11.5 Å². The van der Waals surface area contributed by atoms with Crippen molar-refractivity contribution in [3.8, 4) is 11.6 Å². The third-order valence-electron chi connectivity index (χ3n) is 5.43. The Kier molecular flexibility index (Phi) is 7.65. The van der Waals surface area contributed by atoms with Crippen LogP contribution in [-0.4, -0.2) is 27.6 Å². The zero-order valence-electron chi connectivity index (χ0n) is 20.1. The fourth-order valence-electron chi connectivity index (χ4n) is 3.47. The van der Waals surface area contributed by atoms with Crippen molar-refractivity contribution in [2.24, 2.45) is 4.99 Å². The lowest BCUT2D eigenvalue weighted by atomic mass is 10.1. The zero-order valence-corrected chi connectivity index (χ0v) is 20.8. The van der Waals surface area contributed by atoms with Crippen LogP contribution in [0.5, 0.6) is 11.6 Å². The number of carbonyl (C=O) groups is 1. The topological polar surface area (TPSA) is 98.6 Å². The van der Waals surface area contributed by atoms with Crippen LogP contribution in [0.25, 0.3) is 0 Å². The van der Waals surface area contributed by atoms with Gasteiger partial charge in [-0.1, -0.05) is 37.6 Å². The van der Waals surface area contributed by atoms with Crippen LogP contribution in [0.15, 0.2) is 82.8 Å². The minimum atomic E-state index is -0.465. The van der Waals surface area contributed by atoms with Crippen LogP contribution >= 0.6 is 11.6 Å². The number of ether oxygens (including phenoxy) is 2. The second-order valence-corrected chi connectivity index (χ2v) is 8.76. The maximum Gasteiger partial charge on any atom is 0.339 e. The van der Waals surface area contributed by atoms with Crippen molar-refractivity contribution in [1.82, 2.24) is 14.5 Å². The number of esters is 1. The molecule has 0 aliphatic rings. The van der Waals surface area contributed by atoms with Gasteiger partial charge in [0.2, 0.25) is 11.5 Å². The molecule has 0 fully saturated rings. The van der Waals surface area contributed by atoms with E-state index in [0.29, 0.717) is 45.6 Å². The average molecular weight is 505 g/mol. The third kappa shape index (κ3) is 5.90. The van der Waals surface area contributed by atoms with Gasteiger partial charge in [-0.25, -0.2) is 14.8 Å². The lowest BCUT2D eigenvalue weighted by Gasteiger charge is -2.12. The molecule has 4 rings (SSSR count). The SMILES string of the molecule is COC(=O)c1ccc(Oc2ccc(/N=c3\[nH]cc(C(C)C)c(=O)n3Cc3ccc(Cl)cc3)cc2)nc1. The second kappa shape index (κ2) is 11.0. The summed E-state index contributed by atoms with van der Waals surface area (Å²) < 4.78 is 12.0. The highest BCUT2D eigenvalue weighted by molar-refractivity contribution is 6.30. The molecule has 36 heavy (non-hydrogen) atoms. The first-order valence-corrected chi connectivity index (χ1v) is 11.7. The molecular weight excluding hydrogens is 480 g/mol. The summed E-state index contributed by atoms with van der Waals surface area (Å²) in [6, 6.07) is 17.6. The molecule has 0 saturated heterocycles. The summed E-state index contributed by atoms with van der Waals surface area (Å²) in [5.41, 5.74) is 2.91. The number of hydrogen-bond donors (Lipinski definition) is 1. The summed E-state index contributed by atoms with van der Waals surface area (Å²) in [6.45, 7) is 4.30. The number of nitrogens with one attached hydrogen (secondary N) is 1. The number of aromatic amines is 1. The van der Waals surface area contributed by atoms with E-state index in [9.17, 15) is 9.59 Å². The van der Waals surface area contributed by atoms with E-state index in [1.54, 1.807) is 59.3 Å². The lowest BCUT2D eigenvalue weighted by molar-refractivity contribution is 0.0600. The first kappa shape index (κ1) is 24.9. The number of rotatable bonds is 7. The van der Waals surface area contributed by atoms with E-state index in [0.717, 1.165) is 5.56 Å². The van der Waals surface area contributed by atoms with Gasteiger partial charge in [-0.05, 0) is 53.9 Å². The van der Waals surface area contributed by atoms with Gasteiger partial charge >= 0.3 is 5.97 Å². The minimum Gasteiger partial charge on any atom is -0.465 e. The molecule has 0 unspecified atom stereocenters. The monoisotopic (exact) mass is 504 g/mol. The van der Waals surface area contributed by atoms with Crippen LogP contribution in [0.1, 0.15) is 41.3 Å². The third-order valence-corrected chi connectivity index (χ3v) is 5.68. The number of carbonyl (C=O) groups excluding carboxylic acids is 1. The van der Waals surface area contributed by atoms with E-state index >= 15 is 0 Å². The molecule has 1 N–H and O–H groups in total. The first-order valence-electron chi connectivity index (χ1n) is 11.3. The lowest BCUT2D eigenvalue weighted by Crippen LogP contribution is -2.38. The maximum atomic E-state index is 13.2. The number of H-pyrrole nitrogens is 1. The molecule has 9 heteroatoms. The van der Waals surface area contributed by atoms with Crippen molar-refractivity contribution in [2.45, 2.75) is 26.3 Å². The number of hydrogen-bond acceptors (Lipinski definition) is 6. The number of nitrogens with zero attached hydrogens (tertiary/aromatic N) is 3.